The number of anilines is 1. The van der Waals surface area contributed by atoms with Gasteiger partial charge in [0.1, 0.15) is 0 Å². The fourth-order valence-corrected chi connectivity index (χ4v) is 3.31. The van der Waals surface area contributed by atoms with E-state index in [2.05, 4.69) is 29.0 Å². The lowest BCUT2D eigenvalue weighted by Gasteiger charge is -2.35. The van der Waals surface area contributed by atoms with Gasteiger partial charge in [0.2, 0.25) is 5.91 Å². The molecule has 1 unspecified atom stereocenters. The third-order valence-corrected chi connectivity index (χ3v) is 4.86. The van der Waals surface area contributed by atoms with Crippen LogP contribution in [0.3, 0.4) is 0 Å². The Kier molecular flexibility index (Phi) is 5.21. The summed E-state index contributed by atoms with van der Waals surface area (Å²) in [5.41, 5.74) is 1.40. The number of aromatic amines is 1. The zero-order chi connectivity index (χ0) is 15.3. The van der Waals surface area contributed by atoms with E-state index in [0.717, 1.165) is 6.42 Å². The SMILES string of the molecule is C=CCC(C)C(=O)Nc1cc(C2(CC)CCCCC2)[nH]n1. The molecule has 1 heterocycles. The first-order valence-corrected chi connectivity index (χ1v) is 8.09. The highest BCUT2D eigenvalue weighted by Gasteiger charge is 2.33. The Morgan fingerprint density at radius 3 is 2.86 bits per heavy atom. The number of hydrogen-bond acceptors (Lipinski definition) is 2. The standard InChI is InChI=1S/C17H27N3O/c1-4-9-13(3)16(21)18-15-12-14(19-20-15)17(5-2)10-7-6-8-11-17/h4,12-13H,1,5-11H2,2-3H3,(H2,18,19,20,21). The van der Waals surface area contributed by atoms with Gasteiger partial charge in [0.15, 0.2) is 5.82 Å². The van der Waals surface area contributed by atoms with Crippen molar-refractivity contribution in [2.24, 2.45) is 5.92 Å². The van der Waals surface area contributed by atoms with E-state index in [4.69, 9.17) is 0 Å². The molecule has 4 heteroatoms. The largest absolute Gasteiger partial charge is 0.309 e. The van der Waals surface area contributed by atoms with Crippen LogP contribution in [-0.4, -0.2) is 16.1 Å². The quantitative estimate of drug-likeness (QED) is 0.772. The second kappa shape index (κ2) is 6.92. The summed E-state index contributed by atoms with van der Waals surface area (Å²) in [6, 6.07) is 2.02. The van der Waals surface area contributed by atoms with Gasteiger partial charge in [-0.2, -0.15) is 5.10 Å². The predicted octanol–water partition coefficient (Wildman–Crippen LogP) is 4.17. The number of aromatic nitrogens is 2. The second-order valence-corrected chi connectivity index (χ2v) is 6.28. The zero-order valence-corrected chi connectivity index (χ0v) is 13.2. The van der Waals surface area contributed by atoms with E-state index in [9.17, 15) is 4.79 Å². The van der Waals surface area contributed by atoms with Gasteiger partial charge in [0.05, 0.1) is 0 Å². The van der Waals surface area contributed by atoms with E-state index in [0.29, 0.717) is 12.2 Å². The van der Waals surface area contributed by atoms with Crippen LogP contribution in [-0.2, 0) is 10.2 Å². The number of hydrogen-bond donors (Lipinski definition) is 2. The molecule has 0 aromatic carbocycles. The first kappa shape index (κ1) is 15.8. The molecule has 116 valence electrons. The smallest absolute Gasteiger partial charge is 0.228 e. The van der Waals surface area contributed by atoms with Gasteiger partial charge in [0, 0.05) is 23.1 Å². The van der Waals surface area contributed by atoms with Gasteiger partial charge in [-0.05, 0) is 25.7 Å². The van der Waals surface area contributed by atoms with Crippen molar-refractivity contribution in [1.29, 1.82) is 0 Å². The molecule has 1 saturated carbocycles. The van der Waals surface area contributed by atoms with Crippen LogP contribution in [0.15, 0.2) is 18.7 Å². The van der Waals surface area contributed by atoms with Gasteiger partial charge in [-0.15, -0.1) is 6.58 Å². The molecule has 0 saturated heterocycles. The first-order chi connectivity index (χ1) is 10.1. The lowest BCUT2D eigenvalue weighted by molar-refractivity contribution is -0.119. The monoisotopic (exact) mass is 289 g/mol. The molecule has 1 aliphatic rings. The molecule has 2 N–H and O–H groups in total. The Bertz CT molecular complexity index is 486. The van der Waals surface area contributed by atoms with Crippen molar-refractivity contribution in [3.63, 3.8) is 0 Å². The number of nitrogens with one attached hydrogen (secondary N) is 2. The number of carbonyl (C=O) groups is 1. The summed E-state index contributed by atoms with van der Waals surface area (Å²) >= 11 is 0. The van der Waals surface area contributed by atoms with E-state index in [1.54, 1.807) is 6.08 Å². The molecule has 1 fully saturated rings. The number of amides is 1. The third-order valence-electron chi connectivity index (χ3n) is 4.86. The van der Waals surface area contributed by atoms with Crippen molar-refractivity contribution in [3.05, 3.63) is 24.4 Å². The van der Waals surface area contributed by atoms with Gasteiger partial charge in [-0.25, -0.2) is 0 Å². The molecule has 0 spiro atoms. The Morgan fingerprint density at radius 2 is 2.24 bits per heavy atom. The second-order valence-electron chi connectivity index (χ2n) is 6.28. The van der Waals surface area contributed by atoms with Gasteiger partial charge in [-0.3, -0.25) is 9.89 Å². The highest BCUT2D eigenvalue weighted by atomic mass is 16.1. The van der Waals surface area contributed by atoms with Crippen molar-refractivity contribution in [3.8, 4) is 0 Å². The lowest BCUT2D eigenvalue weighted by Crippen LogP contribution is -2.28. The summed E-state index contributed by atoms with van der Waals surface area (Å²) in [7, 11) is 0. The maximum atomic E-state index is 12.0. The topological polar surface area (TPSA) is 57.8 Å². The fourth-order valence-electron chi connectivity index (χ4n) is 3.31. The average molecular weight is 289 g/mol. The zero-order valence-electron chi connectivity index (χ0n) is 13.2. The van der Waals surface area contributed by atoms with Gasteiger partial charge in [0.25, 0.3) is 0 Å². The minimum absolute atomic E-state index is 0.00198. The normalized spacial score (nSPS) is 19.0. The van der Waals surface area contributed by atoms with Crippen molar-refractivity contribution in [2.45, 2.75) is 64.2 Å². The van der Waals surface area contributed by atoms with Crippen molar-refractivity contribution in [2.75, 3.05) is 5.32 Å². The average Bonchev–Trinajstić information content (AvgIpc) is 2.97. The molecule has 1 atom stereocenters. The molecule has 0 bridgehead atoms. The Hall–Kier alpha value is -1.58. The lowest BCUT2D eigenvalue weighted by atomic mass is 9.70. The molecule has 0 radical (unpaired) electrons. The minimum atomic E-state index is -0.0718. The summed E-state index contributed by atoms with van der Waals surface area (Å²) in [6.07, 6.45) is 9.90. The molecule has 4 nitrogen and oxygen atoms in total. The van der Waals surface area contributed by atoms with Crippen LogP contribution < -0.4 is 5.32 Å². The van der Waals surface area contributed by atoms with E-state index in [-0.39, 0.29) is 17.2 Å². The van der Waals surface area contributed by atoms with Crippen LogP contribution in [0.2, 0.25) is 0 Å². The highest BCUT2D eigenvalue weighted by Crippen LogP contribution is 2.41. The minimum Gasteiger partial charge on any atom is -0.309 e. The van der Waals surface area contributed by atoms with Crippen molar-refractivity contribution >= 4 is 11.7 Å². The molecular weight excluding hydrogens is 262 g/mol. The van der Waals surface area contributed by atoms with Crippen LogP contribution in [0, 0.1) is 5.92 Å². The van der Waals surface area contributed by atoms with Crippen molar-refractivity contribution in [1.82, 2.24) is 10.2 Å². The summed E-state index contributed by atoms with van der Waals surface area (Å²) in [5, 5.41) is 10.3. The molecular formula is C17H27N3O. The fraction of sp³-hybridized carbons (Fsp3) is 0.647. The number of H-pyrrole nitrogens is 1. The summed E-state index contributed by atoms with van der Waals surface area (Å²) in [6.45, 7) is 7.82. The molecule has 0 aliphatic heterocycles. The molecule has 1 aliphatic carbocycles. The maximum absolute atomic E-state index is 12.0. The summed E-state index contributed by atoms with van der Waals surface area (Å²) in [5.74, 6) is 0.573. The summed E-state index contributed by atoms with van der Waals surface area (Å²) < 4.78 is 0. The molecule has 21 heavy (non-hydrogen) atoms. The van der Waals surface area contributed by atoms with E-state index in [1.807, 2.05) is 13.0 Å². The van der Waals surface area contributed by atoms with Crippen LogP contribution in [0.1, 0.15) is 64.5 Å². The van der Waals surface area contributed by atoms with Crippen LogP contribution in [0.4, 0.5) is 5.82 Å². The highest BCUT2D eigenvalue weighted by molar-refractivity contribution is 5.91. The van der Waals surface area contributed by atoms with E-state index < -0.39 is 0 Å². The molecule has 1 aromatic rings. The number of rotatable bonds is 6. The third kappa shape index (κ3) is 3.55. The first-order valence-electron chi connectivity index (χ1n) is 8.09. The summed E-state index contributed by atoms with van der Waals surface area (Å²) in [4.78, 5) is 12.0. The predicted molar refractivity (Wildman–Crippen MR) is 86.2 cm³/mol. The van der Waals surface area contributed by atoms with Gasteiger partial charge in [-0.1, -0.05) is 39.2 Å². The maximum Gasteiger partial charge on any atom is 0.228 e. The number of carbonyl (C=O) groups excluding carboxylic acids is 1. The van der Waals surface area contributed by atoms with E-state index in [1.165, 1.54) is 37.8 Å². The van der Waals surface area contributed by atoms with Crippen LogP contribution >= 0.6 is 0 Å². The Morgan fingerprint density at radius 1 is 1.52 bits per heavy atom. The Balaban J connectivity index is 2.06. The van der Waals surface area contributed by atoms with Gasteiger partial charge >= 0.3 is 0 Å². The van der Waals surface area contributed by atoms with Gasteiger partial charge < -0.3 is 5.32 Å². The van der Waals surface area contributed by atoms with Crippen LogP contribution in [0.5, 0.6) is 0 Å². The molecule has 1 aromatic heterocycles. The number of nitrogens with zero attached hydrogens (tertiary/aromatic N) is 1. The molecule has 1 amide bonds. The van der Waals surface area contributed by atoms with E-state index >= 15 is 0 Å². The Labute approximate surface area is 127 Å². The molecule has 2 rings (SSSR count). The number of allylic oxidation sites excluding steroid dienone is 1. The van der Waals surface area contributed by atoms with Crippen LogP contribution in [0.25, 0.3) is 0 Å². The van der Waals surface area contributed by atoms with Crippen molar-refractivity contribution < 1.29 is 4.79 Å².